The molecule has 1 atom stereocenters. The zero-order valence-electron chi connectivity index (χ0n) is 11.9. The van der Waals surface area contributed by atoms with Crippen LogP contribution >= 0.6 is 0 Å². The monoisotopic (exact) mass is 244 g/mol. The van der Waals surface area contributed by atoms with E-state index < -0.39 is 0 Å². The van der Waals surface area contributed by atoms with Gasteiger partial charge in [0.25, 0.3) is 0 Å². The maximum absolute atomic E-state index is 9.54. The van der Waals surface area contributed by atoms with E-state index in [4.69, 9.17) is 0 Å². The van der Waals surface area contributed by atoms with Gasteiger partial charge in [-0.2, -0.15) is 5.26 Å². The van der Waals surface area contributed by atoms with Crippen LogP contribution in [0.2, 0.25) is 0 Å². The van der Waals surface area contributed by atoms with Crippen LogP contribution in [0, 0.1) is 11.3 Å². The minimum absolute atomic E-state index is 0.235. The molecule has 1 unspecified atom stereocenters. The topological polar surface area (TPSA) is 27.0 Å². The van der Waals surface area contributed by atoms with Crippen molar-refractivity contribution in [2.24, 2.45) is 0 Å². The van der Waals surface area contributed by atoms with Crippen LogP contribution in [0.4, 0.5) is 0 Å². The van der Waals surface area contributed by atoms with Crippen molar-refractivity contribution in [2.45, 2.75) is 45.6 Å². The molecule has 0 amide bonds. The number of hydrogen-bond donors (Lipinski definition) is 0. The van der Waals surface area contributed by atoms with Crippen LogP contribution in [-0.2, 0) is 0 Å². The number of hydrogen-bond acceptors (Lipinski definition) is 2. The molecule has 18 heavy (non-hydrogen) atoms. The van der Waals surface area contributed by atoms with Gasteiger partial charge in [0.05, 0.1) is 11.6 Å². The van der Waals surface area contributed by atoms with E-state index in [0.717, 1.165) is 41.7 Å². The molecule has 98 valence electrons. The van der Waals surface area contributed by atoms with Crippen molar-refractivity contribution < 1.29 is 0 Å². The molecule has 0 bridgehead atoms. The Morgan fingerprint density at radius 2 is 2.06 bits per heavy atom. The quantitative estimate of drug-likeness (QED) is 0.555. The van der Waals surface area contributed by atoms with Crippen molar-refractivity contribution in [3.8, 4) is 6.07 Å². The molecule has 2 nitrogen and oxygen atoms in total. The van der Waals surface area contributed by atoms with Crippen molar-refractivity contribution in [3.63, 3.8) is 0 Å². The second-order valence-corrected chi connectivity index (χ2v) is 5.13. The van der Waals surface area contributed by atoms with Crippen LogP contribution in [0.15, 0.2) is 35.5 Å². The summed E-state index contributed by atoms with van der Waals surface area (Å²) in [4.78, 5) is 2.29. The first-order chi connectivity index (χ1) is 8.52. The van der Waals surface area contributed by atoms with Gasteiger partial charge in [0.15, 0.2) is 0 Å². The number of likely N-dealkylation sites (tertiary alicyclic amines) is 1. The standard InChI is InChI=1S/C16H24N2/c1-6-13(4)16(12(2)3)14(11-17)15-9-7-8-10-18(15)5/h15H,2,4,6-10H2,1,3,5H3/b16-14-. The average molecular weight is 244 g/mol. The molecule has 0 radical (unpaired) electrons. The number of nitrogens with zero attached hydrogens (tertiary/aromatic N) is 2. The Morgan fingerprint density at radius 3 is 2.50 bits per heavy atom. The Labute approximate surface area is 111 Å². The third-order valence-electron chi connectivity index (χ3n) is 3.70. The number of piperidine rings is 1. The van der Waals surface area contributed by atoms with Gasteiger partial charge in [-0.05, 0) is 56.5 Å². The summed E-state index contributed by atoms with van der Waals surface area (Å²) in [6, 6.07) is 2.65. The third kappa shape index (κ3) is 3.11. The zero-order chi connectivity index (χ0) is 13.7. The molecule has 1 rings (SSSR count). The molecule has 0 aromatic rings. The number of likely N-dealkylation sites (N-methyl/N-ethyl adjacent to an activating group) is 1. The van der Waals surface area contributed by atoms with Gasteiger partial charge >= 0.3 is 0 Å². The fraction of sp³-hybridized carbons (Fsp3) is 0.562. The molecule has 1 saturated heterocycles. The SMILES string of the molecule is C=C(C)/C(C(=C)CC)=C(\C#N)C1CCCCN1C. The molecule has 2 heteroatoms. The molecule has 0 aromatic heterocycles. The number of nitriles is 1. The highest BCUT2D eigenvalue weighted by molar-refractivity contribution is 5.52. The van der Waals surface area contributed by atoms with E-state index in [1.54, 1.807) is 0 Å². The van der Waals surface area contributed by atoms with Crippen LogP contribution in [0.5, 0.6) is 0 Å². The van der Waals surface area contributed by atoms with Crippen molar-refractivity contribution in [2.75, 3.05) is 13.6 Å². The lowest BCUT2D eigenvalue weighted by atomic mass is 9.87. The first-order valence-corrected chi connectivity index (χ1v) is 6.71. The molecule has 1 aliphatic rings. The average Bonchev–Trinajstić information content (AvgIpc) is 2.35. The van der Waals surface area contributed by atoms with Crippen LogP contribution in [0.3, 0.4) is 0 Å². The van der Waals surface area contributed by atoms with Crippen molar-refractivity contribution >= 4 is 0 Å². The molecule has 0 N–H and O–H groups in total. The molecular formula is C16H24N2. The Morgan fingerprint density at radius 1 is 1.39 bits per heavy atom. The van der Waals surface area contributed by atoms with Gasteiger partial charge in [0, 0.05) is 6.04 Å². The Hall–Kier alpha value is -1.33. The minimum atomic E-state index is 0.235. The summed E-state index contributed by atoms with van der Waals surface area (Å²) in [5.41, 5.74) is 3.84. The van der Waals surface area contributed by atoms with Crippen LogP contribution in [0.25, 0.3) is 0 Å². The predicted octanol–water partition coefficient (Wildman–Crippen LogP) is 3.83. The van der Waals surface area contributed by atoms with E-state index in [-0.39, 0.29) is 6.04 Å². The summed E-state index contributed by atoms with van der Waals surface area (Å²) in [5, 5.41) is 9.54. The lowest BCUT2D eigenvalue weighted by Crippen LogP contribution is -2.38. The molecule has 1 heterocycles. The van der Waals surface area contributed by atoms with E-state index in [9.17, 15) is 5.26 Å². The molecule has 0 aliphatic carbocycles. The molecule has 0 aromatic carbocycles. The van der Waals surface area contributed by atoms with Gasteiger partial charge in [-0.25, -0.2) is 0 Å². The maximum atomic E-state index is 9.54. The molecule has 1 aliphatic heterocycles. The van der Waals surface area contributed by atoms with Gasteiger partial charge in [0.2, 0.25) is 0 Å². The fourth-order valence-corrected chi connectivity index (χ4v) is 2.64. The largest absolute Gasteiger partial charge is 0.299 e. The molecule has 0 saturated carbocycles. The van der Waals surface area contributed by atoms with Crippen LogP contribution < -0.4 is 0 Å². The highest BCUT2D eigenvalue weighted by Crippen LogP contribution is 2.30. The van der Waals surface area contributed by atoms with Crippen LogP contribution in [0.1, 0.15) is 39.5 Å². The van der Waals surface area contributed by atoms with Crippen LogP contribution in [-0.4, -0.2) is 24.5 Å². The van der Waals surface area contributed by atoms with Gasteiger partial charge in [-0.1, -0.05) is 26.5 Å². The van der Waals surface area contributed by atoms with Crippen molar-refractivity contribution in [1.29, 1.82) is 5.26 Å². The number of allylic oxidation sites excluding steroid dienone is 3. The van der Waals surface area contributed by atoms with Crippen molar-refractivity contribution in [1.82, 2.24) is 4.90 Å². The maximum Gasteiger partial charge on any atom is 0.0970 e. The van der Waals surface area contributed by atoms with Gasteiger partial charge in [-0.15, -0.1) is 0 Å². The highest BCUT2D eigenvalue weighted by atomic mass is 15.1. The summed E-state index contributed by atoms with van der Waals surface area (Å²) in [5.74, 6) is 0. The summed E-state index contributed by atoms with van der Waals surface area (Å²) >= 11 is 0. The molecule has 1 fully saturated rings. The van der Waals surface area contributed by atoms with E-state index >= 15 is 0 Å². The van der Waals surface area contributed by atoms with E-state index in [2.05, 4.69) is 38.1 Å². The summed E-state index contributed by atoms with van der Waals surface area (Å²) in [6.07, 6.45) is 4.35. The van der Waals surface area contributed by atoms with E-state index in [1.165, 1.54) is 12.8 Å². The van der Waals surface area contributed by atoms with E-state index in [1.807, 2.05) is 6.92 Å². The lowest BCUT2D eigenvalue weighted by molar-refractivity contribution is 0.215. The Kier molecular flexibility index (Phi) is 5.37. The normalized spacial score (nSPS) is 22.0. The predicted molar refractivity (Wildman–Crippen MR) is 77.2 cm³/mol. The summed E-state index contributed by atoms with van der Waals surface area (Å²) in [7, 11) is 2.10. The molecular weight excluding hydrogens is 220 g/mol. The number of rotatable bonds is 4. The van der Waals surface area contributed by atoms with Gasteiger partial charge < -0.3 is 0 Å². The van der Waals surface area contributed by atoms with Crippen molar-refractivity contribution in [3.05, 3.63) is 35.5 Å². The first kappa shape index (κ1) is 14.7. The second-order valence-electron chi connectivity index (χ2n) is 5.13. The Balaban J connectivity index is 3.21. The fourth-order valence-electron chi connectivity index (χ4n) is 2.64. The minimum Gasteiger partial charge on any atom is -0.299 e. The molecule has 0 spiro atoms. The smallest absolute Gasteiger partial charge is 0.0970 e. The lowest BCUT2D eigenvalue weighted by Gasteiger charge is -2.33. The first-order valence-electron chi connectivity index (χ1n) is 6.71. The summed E-state index contributed by atoms with van der Waals surface area (Å²) in [6.45, 7) is 13.2. The third-order valence-corrected chi connectivity index (χ3v) is 3.70. The summed E-state index contributed by atoms with van der Waals surface area (Å²) < 4.78 is 0. The van der Waals surface area contributed by atoms with Gasteiger partial charge in [-0.3, -0.25) is 4.90 Å². The highest BCUT2D eigenvalue weighted by Gasteiger charge is 2.26. The second kappa shape index (κ2) is 6.56. The Bertz CT molecular complexity index is 409. The zero-order valence-corrected chi connectivity index (χ0v) is 11.9. The van der Waals surface area contributed by atoms with E-state index in [0.29, 0.717) is 0 Å². The van der Waals surface area contributed by atoms with Gasteiger partial charge in [0.1, 0.15) is 0 Å².